The Morgan fingerprint density at radius 1 is 1.06 bits per heavy atom. The molecule has 2 aromatic heterocycles. The van der Waals surface area contributed by atoms with E-state index in [1.807, 2.05) is 49.6 Å². The summed E-state index contributed by atoms with van der Waals surface area (Å²) in [5, 5.41) is 0.783. The molecule has 0 bridgehead atoms. The van der Waals surface area contributed by atoms with Crippen molar-refractivity contribution >= 4 is 46.1 Å². The van der Waals surface area contributed by atoms with Crippen molar-refractivity contribution in [2.45, 2.75) is 17.9 Å². The fourth-order valence-electron chi connectivity index (χ4n) is 3.95. The number of benzene rings is 2. The number of hydrogen-bond acceptors (Lipinski definition) is 5. The number of carbonyl (C=O) groups is 1. The number of aromatic nitrogens is 1. The van der Waals surface area contributed by atoms with Gasteiger partial charge in [-0.25, -0.2) is 4.98 Å². The van der Waals surface area contributed by atoms with E-state index in [4.69, 9.17) is 16.0 Å². The zero-order valence-corrected chi connectivity index (χ0v) is 18.3. The highest BCUT2D eigenvalue weighted by molar-refractivity contribution is 7.98. The smallest absolute Gasteiger partial charge is 0.296 e. The van der Waals surface area contributed by atoms with Crippen LogP contribution in [0.4, 0.5) is 5.82 Å². The zero-order valence-electron chi connectivity index (χ0n) is 16.8. The highest BCUT2D eigenvalue weighted by Gasteiger charge is 2.44. The van der Waals surface area contributed by atoms with E-state index >= 15 is 0 Å². The third-order valence-corrected chi connectivity index (χ3v) is 6.36. The molecule has 1 aliphatic heterocycles. The van der Waals surface area contributed by atoms with Crippen molar-refractivity contribution in [1.29, 1.82) is 0 Å². The Bertz CT molecular complexity index is 1400. The lowest BCUT2D eigenvalue weighted by Gasteiger charge is -2.24. The van der Waals surface area contributed by atoms with E-state index in [2.05, 4.69) is 4.98 Å². The molecule has 1 aliphatic rings. The van der Waals surface area contributed by atoms with Crippen molar-refractivity contribution < 1.29 is 9.21 Å². The van der Waals surface area contributed by atoms with E-state index in [0.29, 0.717) is 27.4 Å². The molecule has 2 aromatic carbocycles. The lowest BCUT2D eigenvalue weighted by Crippen LogP contribution is -2.30. The van der Waals surface area contributed by atoms with Crippen LogP contribution in [-0.2, 0) is 0 Å². The average Bonchev–Trinajstić information content (AvgIpc) is 3.07. The molecule has 4 aromatic rings. The molecule has 0 spiro atoms. The third kappa shape index (κ3) is 3.23. The second kappa shape index (κ2) is 7.55. The first-order valence-electron chi connectivity index (χ1n) is 9.65. The maximum Gasteiger partial charge on any atom is 0.296 e. The van der Waals surface area contributed by atoms with E-state index in [0.717, 1.165) is 16.2 Å². The van der Waals surface area contributed by atoms with Crippen LogP contribution in [0.25, 0.3) is 11.0 Å². The number of halogens is 1. The van der Waals surface area contributed by atoms with Gasteiger partial charge in [-0.2, -0.15) is 0 Å². The minimum atomic E-state index is -0.646. The van der Waals surface area contributed by atoms with Crippen LogP contribution >= 0.6 is 23.4 Å². The van der Waals surface area contributed by atoms with E-state index < -0.39 is 6.04 Å². The topological polar surface area (TPSA) is 63.4 Å². The minimum absolute atomic E-state index is 0.0436. The number of hydrogen-bond donors (Lipinski definition) is 0. The van der Waals surface area contributed by atoms with Crippen LogP contribution in [0.15, 0.2) is 74.8 Å². The van der Waals surface area contributed by atoms with E-state index in [1.54, 1.807) is 36.0 Å². The Hall–Kier alpha value is -3.09. The van der Waals surface area contributed by atoms with Gasteiger partial charge in [0.25, 0.3) is 5.91 Å². The van der Waals surface area contributed by atoms with Crippen LogP contribution in [0.5, 0.6) is 0 Å². The molecule has 0 aliphatic carbocycles. The number of rotatable bonds is 3. The van der Waals surface area contributed by atoms with Gasteiger partial charge >= 0.3 is 0 Å². The van der Waals surface area contributed by atoms with E-state index in [1.165, 1.54) is 4.90 Å². The number of anilines is 1. The normalized spacial score (nSPS) is 15.5. The first-order chi connectivity index (χ1) is 15.0. The summed E-state index contributed by atoms with van der Waals surface area (Å²) in [5.41, 5.74) is 1.95. The van der Waals surface area contributed by atoms with Crippen LogP contribution in [0.3, 0.4) is 0 Å². The number of fused-ring (bicyclic) bond motifs is 2. The van der Waals surface area contributed by atoms with Gasteiger partial charge < -0.3 is 4.42 Å². The van der Waals surface area contributed by atoms with Gasteiger partial charge in [0, 0.05) is 15.6 Å². The summed E-state index contributed by atoms with van der Waals surface area (Å²) < 4.78 is 5.95. The largest absolute Gasteiger partial charge is 0.450 e. The van der Waals surface area contributed by atoms with Crippen molar-refractivity contribution in [3.8, 4) is 0 Å². The Balaban J connectivity index is 1.80. The molecular formula is C24H17ClN2O3S. The molecule has 1 amide bonds. The zero-order chi connectivity index (χ0) is 21.7. The van der Waals surface area contributed by atoms with Gasteiger partial charge in [-0.3, -0.25) is 14.5 Å². The van der Waals surface area contributed by atoms with Gasteiger partial charge in [-0.15, -0.1) is 11.8 Å². The molecule has 1 atom stereocenters. The second-order valence-corrected chi connectivity index (χ2v) is 8.62. The number of carbonyl (C=O) groups excluding carboxylic acids is 1. The summed E-state index contributed by atoms with van der Waals surface area (Å²) in [6.07, 6.45) is 2.00. The fourth-order valence-corrected chi connectivity index (χ4v) is 4.53. The Morgan fingerprint density at radius 2 is 1.84 bits per heavy atom. The van der Waals surface area contributed by atoms with Crippen molar-refractivity contribution in [3.63, 3.8) is 0 Å². The summed E-state index contributed by atoms with van der Waals surface area (Å²) in [6.45, 7) is 1.86. The number of aryl methyl sites for hydroxylation is 1. The predicted molar refractivity (Wildman–Crippen MR) is 123 cm³/mol. The Kier molecular flexibility index (Phi) is 4.84. The quantitative estimate of drug-likeness (QED) is 0.380. The van der Waals surface area contributed by atoms with Crippen LogP contribution in [0.1, 0.15) is 33.4 Å². The SMILES string of the molecule is CSc1ccc([C@@H]2c3c(oc4ccc(Cl)cc4c3=O)C(=O)N2c2cccc(C)n2)cc1. The molecule has 0 saturated heterocycles. The first-order valence-corrected chi connectivity index (χ1v) is 11.3. The summed E-state index contributed by atoms with van der Waals surface area (Å²) in [7, 11) is 0. The van der Waals surface area contributed by atoms with Crippen LogP contribution in [-0.4, -0.2) is 17.1 Å². The third-order valence-electron chi connectivity index (χ3n) is 5.38. The minimum Gasteiger partial charge on any atom is -0.450 e. The Morgan fingerprint density at radius 3 is 2.55 bits per heavy atom. The summed E-state index contributed by atoms with van der Waals surface area (Å²) in [5.74, 6) is 0.125. The number of pyridine rings is 1. The van der Waals surface area contributed by atoms with Gasteiger partial charge in [0.05, 0.1) is 17.0 Å². The maximum atomic E-state index is 13.5. The lowest BCUT2D eigenvalue weighted by atomic mass is 9.98. The van der Waals surface area contributed by atoms with Crippen LogP contribution in [0, 0.1) is 6.92 Å². The highest BCUT2D eigenvalue weighted by Crippen LogP contribution is 2.41. The van der Waals surface area contributed by atoms with E-state index in [9.17, 15) is 9.59 Å². The van der Waals surface area contributed by atoms with Crippen molar-refractivity contribution in [2.75, 3.05) is 11.2 Å². The van der Waals surface area contributed by atoms with Gasteiger partial charge in [0.2, 0.25) is 5.76 Å². The number of amides is 1. The molecule has 3 heterocycles. The molecule has 31 heavy (non-hydrogen) atoms. The van der Waals surface area contributed by atoms with Crippen LogP contribution in [0.2, 0.25) is 5.02 Å². The summed E-state index contributed by atoms with van der Waals surface area (Å²) >= 11 is 7.75. The van der Waals surface area contributed by atoms with Gasteiger partial charge in [-0.1, -0.05) is 29.8 Å². The standard InChI is InChI=1S/C24H17ClN2O3S/c1-13-4-3-5-19(26-13)27-21(14-6-9-16(31-2)10-7-14)20-22(28)17-12-15(25)8-11-18(17)30-23(20)24(27)29/h3-12,21H,1-2H3/t21-/m1/s1. The van der Waals surface area contributed by atoms with Crippen LogP contribution < -0.4 is 10.3 Å². The average molecular weight is 449 g/mol. The van der Waals surface area contributed by atoms with Gasteiger partial charge in [-0.05, 0) is 61.2 Å². The summed E-state index contributed by atoms with van der Waals surface area (Å²) in [6, 6.07) is 17.5. The van der Waals surface area contributed by atoms with Crippen molar-refractivity contribution in [2.24, 2.45) is 0 Å². The molecule has 154 valence electrons. The molecular weight excluding hydrogens is 432 g/mol. The summed E-state index contributed by atoms with van der Waals surface area (Å²) in [4.78, 5) is 34.2. The predicted octanol–water partition coefficient (Wildman–Crippen LogP) is 5.62. The monoisotopic (exact) mass is 448 g/mol. The Labute approximate surface area is 187 Å². The molecule has 0 N–H and O–H groups in total. The molecule has 0 saturated carbocycles. The molecule has 0 unspecified atom stereocenters. The molecule has 5 rings (SSSR count). The van der Waals surface area contributed by atoms with E-state index in [-0.39, 0.29) is 17.1 Å². The molecule has 0 fully saturated rings. The molecule has 5 nitrogen and oxygen atoms in total. The van der Waals surface area contributed by atoms with Crippen molar-refractivity contribution in [3.05, 3.63) is 98.5 Å². The first kappa shape index (κ1) is 19.8. The molecule has 7 heteroatoms. The number of nitrogens with zero attached hydrogens (tertiary/aromatic N) is 2. The second-order valence-electron chi connectivity index (χ2n) is 7.30. The fraction of sp³-hybridized carbons (Fsp3) is 0.125. The van der Waals surface area contributed by atoms with Gasteiger partial charge in [0.1, 0.15) is 11.4 Å². The van der Waals surface area contributed by atoms with Crippen molar-refractivity contribution in [1.82, 2.24) is 4.98 Å². The number of thioether (sulfide) groups is 1. The lowest BCUT2D eigenvalue weighted by molar-refractivity contribution is 0.0970. The van der Waals surface area contributed by atoms with Gasteiger partial charge in [0.15, 0.2) is 5.43 Å². The highest BCUT2D eigenvalue weighted by atomic mass is 35.5. The molecule has 0 radical (unpaired) electrons. The maximum absolute atomic E-state index is 13.5.